The van der Waals surface area contributed by atoms with E-state index < -0.39 is 0 Å². The molecule has 0 radical (unpaired) electrons. The highest BCUT2D eigenvalue weighted by atomic mass is 14.5. The molecular formula is C12H19N. The second-order valence-corrected chi connectivity index (χ2v) is 3.43. The molecule has 0 amide bonds. The van der Waals surface area contributed by atoms with Crippen molar-refractivity contribution in [3.63, 3.8) is 0 Å². The molecule has 0 aliphatic heterocycles. The summed E-state index contributed by atoms with van der Waals surface area (Å²) in [7, 11) is 0. The van der Waals surface area contributed by atoms with Gasteiger partial charge < -0.3 is 5.73 Å². The van der Waals surface area contributed by atoms with Gasteiger partial charge in [-0.25, -0.2) is 0 Å². The molecule has 1 aromatic rings. The van der Waals surface area contributed by atoms with Gasteiger partial charge in [0.05, 0.1) is 0 Å². The zero-order valence-corrected chi connectivity index (χ0v) is 8.42. The van der Waals surface area contributed by atoms with Gasteiger partial charge in [0.15, 0.2) is 0 Å². The van der Waals surface area contributed by atoms with E-state index in [-0.39, 0.29) is 0 Å². The number of unbranched alkanes of at least 4 members (excludes halogenated alkanes) is 2. The molecule has 0 saturated carbocycles. The number of benzene rings is 1. The van der Waals surface area contributed by atoms with E-state index in [1.165, 1.54) is 36.8 Å². The van der Waals surface area contributed by atoms with Crippen LogP contribution in [0, 0.1) is 0 Å². The number of rotatable bonds is 5. The molecule has 0 aliphatic rings. The van der Waals surface area contributed by atoms with Crippen LogP contribution in [-0.4, -0.2) is 0 Å². The van der Waals surface area contributed by atoms with E-state index in [0.717, 1.165) is 0 Å². The molecule has 0 saturated heterocycles. The summed E-state index contributed by atoms with van der Waals surface area (Å²) in [6.45, 7) is 2.90. The lowest BCUT2D eigenvalue weighted by Gasteiger charge is -2.06. The molecule has 1 aromatic carbocycles. The smallest absolute Gasteiger partial charge is 0.0180 e. The highest BCUT2D eigenvalue weighted by molar-refractivity contribution is 5.26. The molecule has 1 heteroatoms. The van der Waals surface area contributed by atoms with Gasteiger partial charge >= 0.3 is 0 Å². The van der Waals surface area contributed by atoms with E-state index in [2.05, 4.69) is 31.2 Å². The lowest BCUT2D eigenvalue weighted by atomic mass is 10.0. The highest BCUT2D eigenvalue weighted by Crippen LogP contribution is 2.11. The van der Waals surface area contributed by atoms with Crippen molar-refractivity contribution in [2.45, 2.75) is 39.2 Å². The third kappa shape index (κ3) is 3.19. The number of nitrogens with two attached hydrogens (primary N) is 1. The van der Waals surface area contributed by atoms with E-state index in [0.29, 0.717) is 6.54 Å². The minimum Gasteiger partial charge on any atom is -0.326 e. The summed E-state index contributed by atoms with van der Waals surface area (Å²) in [4.78, 5) is 0. The van der Waals surface area contributed by atoms with Gasteiger partial charge in [0.2, 0.25) is 0 Å². The van der Waals surface area contributed by atoms with E-state index in [4.69, 9.17) is 5.73 Å². The normalized spacial score (nSPS) is 10.3. The predicted octanol–water partition coefficient (Wildman–Crippen LogP) is 2.88. The molecule has 1 nitrogen and oxygen atoms in total. The Morgan fingerprint density at radius 1 is 1.08 bits per heavy atom. The SMILES string of the molecule is CCCCCc1ccccc1CN. The standard InChI is InChI=1S/C12H19N/c1-2-3-4-7-11-8-5-6-9-12(11)10-13/h5-6,8-9H,2-4,7,10,13H2,1H3. The molecule has 0 fully saturated rings. The summed E-state index contributed by atoms with van der Waals surface area (Å²) in [6.07, 6.45) is 5.07. The second kappa shape index (κ2) is 5.76. The Kier molecular flexibility index (Phi) is 4.55. The summed E-state index contributed by atoms with van der Waals surface area (Å²) in [6, 6.07) is 8.48. The number of aryl methyl sites for hydroxylation is 1. The van der Waals surface area contributed by atoms with Gasteiger partial charge in [0.25, 0.3) is 0 Å². The Balaban J connectivity index is 2.54. The van der Waals surface area contributed by atoms with Gasteiger partial charge in [-0.15, -0.1) is 0 Å². The maximum atomic E-state index is 5.65. The monoisotopic (exact) mass is 177 g/mol. The van der Waals surface area contributed by atoms with E-state index in [1.807, 2.05) is 0 Å². The lowest BCUT2D eigenvalue weighted by molar-refractivity contribution is 0.713. The van der Waals surface area contributed by atoms with Crippen molar-refractivity contribution in [2.24, 2.45) is 5.73 Å². The maximum Gasteiger partial charge on any atom is 0.0180 e. The van der Waals surface area contributed by atoms with Crippen molar-refractivity contribution < 1.29 is 0 Å². The van der Waals surface area contributed by atoms with Crippen LogP contribution in [0.5, 0.6) is 0 Å². The molecule has 0 atom stereocenters. The van der Waals surface area contributed by atoms with Gasteiger partial charge in [0, 0.05) is 6.54 Å². The van der Waals surface area contributed by atoms with Crippen LogP contribution in [0.1, 0.15) is 37.3 Å². The first-order valence-electron chi connectivity index (χ1n) is 5.15. The first kappa shape index (κ1) is 10.3. The van der Waals surface area contributed by atoms with Crippen LogP contribution >= 0.6 is 0 Å². The summed E-state index contributed by atoms with van der Waals surface area (Å²) < 4.78 is 0. The Hall–Kier alpha value is -0.820. The second-order valence-electron chi connectivity index (χ2n) is 3.43. The molecule has 0 bridgehead atoms. The fourth-order valence-electron chi connectivity index (χ4n) is 1.57. The average Bonchev–Trinajstić information content (AvgIpc) is 2.19. The topological polar surface area (TPSA) is 26.0 Å². The van der Waals surface area contributed by atoms with Crippen LogP contribution in [0.4, 0.5) is 0 Å². The minimum atomic E-state index is 0.669. The van der Waals surface area contributed by atoms with Crippen LogP contribution in [0.25, 0.3) is 0 Å². The molecule has 0 aliphatic carbocycles. The van der Waals surface area contributed by atoms with Crippen molar-refractivity contribution in [3.8, 4) is 0 Å². The summed E-state index contributed by atoms with van der Waals surface area (Å²) in [5.74, 6) is 0. The first-order valence-corrected chi connectivity index (χ1v) is 5.15. The lowest BCUT2D eigenvalue weighted by Crippen LogP contribution is -2.01. The van der Waals surface area contributed by atoms with Crippen molar-refractivity contribution in [3.05, 3.63) is 35.4 Å². The molecule has 0 unspecified atom stereocenters. The fourth-order valence-corrected chi connectivity index (χ4v) is 1.57. The molecule has 13 heavy (non-hydrogen) atoms. The molecule has 72 valence electrons. The average molecular weight is 177 g/mol. The predicted molar refractivity (Wildman–Crippen MR) is 57.6 cm³/mol. The summed E-state index contributed by atoms with van der Waals surface area (Å²) in [5, 5.41) is 0. The largest absolute Gasteiger partial charge is 0.326 e. The van der Waals surface area contributed by atoms with E-state index in [9.17, 15) is 0 Å². The third-order valence-corrected chi connectivity index (χ3v) is 2.39. The minimum absolute atomic E-state index is 0.669. The zero-order valence-electron chi connectivity index (χ0n) is 8.42. The third-order valence-electron chi connectivity index (χ3n) is 2.39. The van der Waals surface area contributed by atoms with Crippen molar-refractivity contribution >= 4 is 0 Å². The Morgan fingerprint density at radius 3 is 2.38 bits per heavy atom. The van der Waals surface area contributed by atoms with Crippen LogP contribution in [0.2, 0.25) is 0 Å². The zero-order chi connectivity index (χ0) is 9.52. The molecule has 0 spiro atoms. The van der Waals surface area contributed by atoms with Crippen molar-refractivity contribution in [1.82, 2.24) is 0 Å². The number of hydrogen-bond donors (Lipinski definition) is 1. The fraction of sp³-hybridized carbons (Fsp3) is 0.500. The summed E-state index contributed by atoms with van der Waals surface area (Å²) >= 11 is 0. The Bertz CT molecular complexity index is 243. The molecule has 2 N–H and O–H groups in total. The van der Waals surface area contributed by atoms with Crippen molar-refractivity contribution in [1.29, 1.82) is 0 Å². The van der Waals surface area contributed by atoms with Crippen LogP contribution in [0.3, 0.4) is 0 Å². The number of hydrogen-bond acceptors (Lipinski definition) is 1. The molecule has 0 aromatic heterocycles. The van der Waals surface area contributed by atoms with Gasteiger partial charge in [-0.05, 0) is 24.0 Å². The molecule has 0 heterocycles. The quantitative estimate of drug-likeness (QED) is 0.688. The van der Waals surface area contributed by atoms with Gasteiger partial charge in [0.1, 0.15) is 0 Å². The van der Waals surface area contributed by atoms with E-state index in [1.54, 1.807) is 0 Å². The van der Waals surface area contributed by atoms with Gasteiger partial charge in [-0.2, -0.15) is 0 Å². The van der Waals surface area contributed by atoms with Gasteiger partial charge in [-0.1, -0.05) is 44.0 Å². The molecule has 1 rings (SSSR count). The highest BCUT2D eigenvalue weighted by Gasteiger charge is 1.98. The van der Waals surface area contributed by atoms with E-state index >= 15 is 0 Å². The van der Waals surface area contributed by atoms with Gasteiger partial charge in [-0.3, -0.25) is 0 Å². The van der Waals surface area contributed by atoms with Crippen LogP contribution in [0.15, 0.2) is 24.3 Å². The Labute approximate surface area is 81.0 Å². The molecular weight excluding hydrogens is 158 g/mol. The summed E-state index contributed by atoms with van der Waals surface area (Å²) in [5.41, 5.74) is 8.39. The van der Waals surface area contributed by atoms with Crippen LogP contribution in [-0.2, 0) is 13.0 Å². The van der Waals surface area contributed by atoms with Crippen molar-refractivity contribution in [2.75, 3.05) is 0 Å². The maximum absolute atomic E-state index is 5.65. The van der Waals surface area contributed by atoms with Crippen LogP contribution < -0.4 is 5.73 Å². The Morgan fingerprint density at radius 2 is 1.77 bits per heavy atom. The first-order chi connectivity index (χ1) is 6.38.